The van der Waals surface area contributed by atoms with Crippen LogP contribution < -0.4 is 5.73 Å². The predicted molar refractivity (Wildman–Crippen MR) is 57.9 cm³/mol. The van der Waals surface area contributed by atoms with Gasteiger partial charge in [0.25, 0.3) is 5.91 Å². The molecule has 0 rings (SSSR count). The molecule has 0 radical (unpaired) electrons. The fraction of sp³-hybridized carbons (Fsp3) is 0.556. The largest absolute Gasteiger partial charge is 0.410 e. The van der Waals surface area contributed by atoms with Gasteiger partial charge in [-0.15, -0.1) is 0 Å². The van der Waals surface area contributed by atoms with Gasteiger partial charge in [0.15, 0.2) is 5.71 Å². The van der Waals surface area contributed by atoms with E-state index in [0.717, 1.165) is 0 Å². The summed E-state index contributed by atoms with van der Waals surface area (Å²) in [6.07, 6.45) is 0.375. The number of hydrogen-bond donors (Lipinski definition) is 2. The Morgan fingerprint density at radius 1 is 1.62 bits per heavy atom. The van der Waals surface area contributed by atoms with Crippen LogP contribution in [-0.4, -0.2) is 27.8 Å². The van der Waals surface area contributed by atoms with Crippen LogP contribution >= 0.6 is 0 Å². The summed E-state index contributed by atoms with van der Waals surface area (Å²) in [5.74, 6) is -0.915. The molecule has 0 aliphatic rings. The van der Waals surface area contributed by atoms with Gasteiger partial charge in [-0.3, -0.25) is 14.9 Å². The van der Waals surface area contributed by atoms with Gasteiger partial charge in [-0.05, 0) is 18.9 Å². The first-order valence-corrected chi connectivity index (χ1v) is 4.72. The minimum Gasteiger partial charge on any atom is -0.410 e. The van der Waals surface area contributed by atoms with Gasteiger partial charge in [0.2, 0.25) is 6.04 Å². The number of primary amides is 1. The number of oxime groups is 1. The Kier molecular flexibility index (Phi) is 5.14. The second-order valence-corrected chi connectivity index (χ2v) is 3.28. The van der Waals surface area contributed by atoms with Gasteiger partial charge in [-0.1, -0.05) is 12.1 Å². The molecule has 0 saturated heterocycles. The molecule has 7 heteroatoms. The molecule has 0 spiro atoms. The van der Waals surface area contributed by atoms with E-state index in [1.165, 1.54) is 13.8 Å². The topological polar surface area (TPSA) is 119 Å². The number of nitrogens with two attached hydrogens (primary N) is 1. The van der Waals surface area contributed by atoms with Gasteiger partial charge >= 0.3 is 0 Å². The van der Waals surface area contributed by atoms with Crippen LogP contribution in [0.4, 0.5) is 0 Å². The molecule has 0 heterocycles. The van der Waals surface area contributed by atoms with Crippen molar-refractivity contribution < 1.29 is 14.9 Å². The highest BCUT2D eigenvalue weighted by Crippen LogP contribution is 2.16. The molecular weight excluding hydrogens is 214 g/mol. The van der Waals surface area contributed by atoms with E-state index >= 15 is 0 Å². The van der Waals surface area contributed by atoms with E-state index in [-0.39, 0.29) is 11.3 Å². The van der Waals surface area contributed by atoms with Crippen LogP contribution in [0.15, 0.2) is 16.3 Å². The molecule has 1 atom stereocenters. The maximum Gasteiger partial charge on any atom is 0.271 e. The van der Waals surface area contributed by atoms with Crippen LogP contribution in [0.5, 0.6) is 0 Å². The molecule has 90 valence electrons. The molecule has 0 bridgehead atoms. The lowest BCUT2D eigenvalue weighted by Crippen LogP contribution is -2.28. The number of hydrogen-bond acceptors (Lipinski definition) is 5. The van der Waals surface area contributed by atoms with Crippen molar-refractivity contribution in [1.82, 2.24) is 0 Å². The van der Waals surface area contributed by atoms with Crippen LogP contribution in [0.2, 0.25) is 0 Å². The summed E-state index contributed by atoms with van der Waals surface area (Å²) >= 11 is 0. The SMILES string of the molecule is CC/C(=C(C)\C(=N/O)C(N)=O)C(C)[N+](=O)[O-]. The van der Waals surface area contributed by atoms with E-state index in [4.69, 9.17) is 10.9 Å². The summed E-state index contributed by atoms with van der Waals surface area (Å²) in [6, 6.07) is -0.943. The first kappa shape index (κ1) is 14.1. The maximum atomic E-state index is 10.9. The first-order valence-electron chi connectivity index (χ1n) is 4.72. The Balaban J connectivity index is 5.47. The molecular formula is C9H15N3O4. The molecule has 0 aliphatic carbocycles. The van der Waals surface area contributed by atoms with Gasteiger partial charge in [0.05, 0.1) is 0 Å². The van der Waals surface area contributed by atoms with Crippen LogP contribution in [0.25, 0.3) is 0 Å². The zero-order valence-corrected chi connectivity index (χ0v) is 9.43. The summed E-state index contributed by atoms with van der Waals surface area (Å²) in [4.78, 5) is 21.1. The zero-order valence-electron chi connectivity index (χ0n) is 9.43. The lowest BCUT2D eigenvalue weighted by atomic mass is 9.97. The average Bonchev–Trinajstić information content (AvgIpc) is 2.18. The minimum atomic E-state index is -0.943. The molecule has 0 aliphatic heterocycles. The maximum absolute atomic E-state index is 10.9. The van der Waals surface area contributed by atoms with Crippen LogP contribution in [0.3, 0.4) is 0 Å². The van der Waals surface area contributed by atoms with Crippen LogP contribution in [0.1, 0.15) is 27.2 Å². The van der Waals surface area contributed by atoms with E-state index in [9.17, 15) is 14.9 Å². The molecule has 7 nitrogen and oxygen atoms in total. The van der Waals surface area contributed by atoms with Crippen molar-refractivity contribution in [2.24, 2.45) is 10.9 Å². The van der Waals surface area contributed by atoms with Crippen molar-refractivity contribution in [3.63, 3.8) is 0 Å². The number of carbonyl (C=O) groups is 1. The fourth-order valence-corrected chi connectivity index (χ4v) is 1.46. The Bertz CT molecular complexity index is 360. The lowest BCUT2D eigenvalue weighted by molar-refractivity contribution is -0.508. The summed E-state index contributed by atoms with van der Waals surface area (Å²) in [5.41, 5.74) is 5.31. The fourth-order valence-electron chi connectivity index (χ4n) is 1.46. The summed E-state index contributed by atoms with van der Waals surface area (Å²) < 4.78 is 0. The van der Waals surface area contributed by atoms with Crippen molar-refractivity contribution >= 4 is 11.6 Å². The van der Waals surface area contributed by atoms with Crippen LogP contribution in [-0.2, 0) is 4.79 Å². The Labute approximate surface area is 92.8 Å². The van der Waals surface area contributed by atoms with Gasteiger partial charge < -0.3 is 10.9 Å². The van der Waals surface area contributed by atoms with E-state index in [2.05, 4.69) is 5.16 Å². The van der Waals surface area contributed by atoms with Crippen molar-refractivity contribution in [2.45, 2.75) is 33.2 Å². The van der Waals surface area contributed by atoms with Gasteiger partial charge in [-0.2, -0.15) is 0 Å². The van der Waals surface area contributed by atoms with E-state index in [0.29, 0.717) is 12.0 Å². The molecule has 0 aromatic rings. The third kappa shape index (κ3) is 3.04. The number of rotatable bonds is 5. The highest BCUT2D eigenvalue weighted by molar-refractivity contribution is 6.44. The van der Waals surface area contributed by atoms with Crippen molar-refractivity contribution in [2.75, 3.05) is 0 Å². The normalized spacial score (nSPS) is 15.3. The zero-order chi connectivity index (χ0) is 12.9. The quantitative estimate of drug-likeness (QED) is 0.312. The highest BCUT2D eigenvalue weighted by atomic mass is 16.6. The molecule has 0 aromatic carbocycles. The van der Waals surface area contributed by atoms with Crippen molar-refractivity contribution in [3.05, 3.63) is 21.3 Å². The Morgan fingerprint density at radius 2 is 2.12 bits per heavy atom. The number of nitro groups is 1. The number of carbonyl (C=O) groups excluding carboxylic acids is 1. The molecule has 3 N–H and O–H groups in total. The third-order valence-corrected chi connectivity index (χ3v) is 2.37. The summed E-state index contributed by atoms with van der Waals surface area (Å²) in [6.45, 7) is 4.59. The van der Waals surface area contributed by atoms with E-state index in [1.54, 1.807) is 6.92 Å². The summed E-state index contributed by atoms with van der Waals surface area (Å²) in [5, 5.41) is 22.0. The van der Waals surface area contributed by atoms with Crippen LogP contribution in [0, 0.1) is 10.1 Å². The van der Waals surface area contributed by atoms with E-state index in [1.807, 2.05) is 0 Å². The minimum absolute atomic E-state index is 0.252. The van der Waals surface area contributed by atoms with Gasteiger partial charge in [0, 0.05) is 17.4 Å². The monoisotopic (exact) mass is 229 g/mol. The Morgan fingerprint density at radius 3 is 2.38 bits per heavy atom. The summed E-state index contributed by atoms with van der Waals surface area (Å²) in [7, 11) is 0. The Hall–Kier alpha value is -1.92. The molecule has 1 unspecified atom stereocenters. The molecule has 0 fully saturated rings. The van der Waals surface area contributed by atoms with Crippen molar-refractivity contribution in [1.29, 1.82) is 0 Å². The molecule has 0 saturated carbocycles. The molecule has 1 amide bonds. The smallest absolute Gasteiger partial charge is 0.271 e. The molecule has 16 heavy (non-hydrogen) atoms. The lowest BCUT2D eigenvalue weighted by Gasteiger charge is -2.11. The second-order valence-electron chi connectivity index (χ2n) is 3.28. The highest BCUT2D eigenvalue weighted by Gasteiger charge is 2.24. The van der Waals surface area contributed by atoms with Gasteiger partial charge in [0.1, 0.15) is 0 Å². The van der Waals surface area contributed by atoms with Crippen molar-refractivity contribution in [3.8, 4) is 0 Å². The predicted octanol–water partition coefficient (Wildman–Crippen LogP) is 0.694. The first-order chi connectivity index (χ1) is 7.36. The number of amides is 1. The molecule has 0 aromatic heterocycles. The third-order valence-electron chi connectivity index (χ3n) is 2.37. The second kappa shape index (κ2) is 5.84. The number of nitrogens with zero attached hydrogens (tertiary/aromatic N) is 2. The van der Waals surface area contributed by atoms with E-state index < -0.39 is 16.9 Å². The average molecular weight is 229 g/mol. The van der Waals surface area contributed by atoms with Gasteiger partial charge in [-0.25, -0.2) is 0 Å². The standard InChI is InChI=1S/C9H15N3O4/c1-4-7(6(3)12(15)16)5(2)8(11-14)9(10)13/h6,14H,4H2,1-3H3,(H2,10,13)/b7-5+,11-8+.